The SMILES string of the molecule is C=C[C@@H](O[Si](C)(C)C(C)(C)C)[C@@H](O[Si](C)(C)C(C)(C)C)[C@H]1C[C@@H](C)[C@H](CC(=O)OCC)O1. The van der Waals surface area contributed by atoms with E-state index in [1.807, 2.05) is 13.0 Å². The Hall–Kier alpha value is -0.476. The van der Waals surface area contributed by atoms with Crippen LogP contribution < -0.4 is 0 Å². The molecule has 0 N–H and O–H groups in total. The number of hydrogen-bond donors (Lipinski definition) is 0. The number of hydrogen-bond acceptors (Lipinski definition) is 5. The van der Waals surface area contributed by atoms with Crippen LogP contribution in [0.5, 0.6) is 0 Å². The zero-order valence-corrected chi connectivity index (χ0v) is 24.8. The van der Waals surface area contributed by atoms with Gasteiger partial charge in [-0.1, -0.05) is 54.5 Å². The van der Waals surface area contributed by atoms with Gasteiger partial charge in [0.05, 0.1) is 37.4 Å². The summed E-state index contributed by atoms with van der Waals surface area (Å²) >= 11 is 0. The molecule has 0 saturated carbocycles. The molecule has 0 unspecified atom stereocenters. The summed E-state index contributed by atoms with van der Waals surface area (Å²) in [5.74, 6) is 0.0397. The highest BCUT2D eigenvalue weighted by atomic mass is 28.4. The van der Waals surface area contributed by atoms with E-state index in [-0.39, 0.29) is 52.8 Å². The Labute approximate surface area is 199 Å². The van der Waals surface area contributed by atoms with Crippen LogP contribution in [-0.2, 0) is 23.1 Å². The summed E-state index contributed by atoms with van der Waals surface area (Å²) < 4.78 is 25.4. The van der Waals surface area contributed by atoms with Gasteiger partial charge >= 0.3 is 5.97 Å². The second-order valence-electron chi connectivity index (χ2n) is 12.4. The molecule has 0 aromatic heterocycles. The molecule has 0 amide bonds. The predicted molar refractivity (Wildman–Crippen MR) is 138 cm³/mol. The molecule has 0 aromatic rings. The van der Waals surface area contributed by atoms with E-state index >= 15 is 0 Å². The molecule has 1 heterocycles. The monoisotopic (exact) mass is 486 g/mol. The van der Waals surface area contributed by atoms with Crippen LogP contribution in [0.25, 0.3) is 0 Å². The summed E-state index contributed by atoms with van der Waals surface area (Å²) in [6, 6.07) is 0. The van der Waals surface area contributed by atoms with E-state index in [1.165, 1.54) is 0 Å². The van der Waals surface area contributed by atoms with Gasteiger partial charge in [-0.3, -0.25) is 4.79 Å². The van der Waals surface area contributed by atoms with E-state index in [1.54, 1.807) is 0 Å². The van der Waals surface area contributed by atoms with Gasteiger partial charge in [0.2, 0.25) is 0 Å². The molecule has 0 bridgehead atoms. The fraction of sp³-hybridized carbons (Fsp3) is 0.880. The van der Waals surface area contributed by atoms with Gasteiger partial charge in [-0.05, 0) is 55.5 Å². The number of carbonyl (C=O) groups excluding carboxylic acids is 1. The number of ether oxygens (including phenoxy) is 2. The van der Waals surface area contributed by atoms with E-state index < -0.39 is 16.6 Å². The lowest BCUT2D eigenvalue weighted by molar-refractivity contribution is -0.147. The van der Waals surface area contributed by atoms with Gasteiger partial charge in [-0.2, -0.15) is 0 Å². The standard InChI is InChI=1S/C25H50O5Si2/c1-14-19(29-31(10,11)24(4,5)6)23(30-32(12,13)25(7,8)9)21-16-18(3)20(28-21)17-22(26)27-15-2/h14,18-21,23H,1,15-17H2,2-13H3/t18-,19-,20+,21-,23-/m1/s1. The van der Waals surface area contributed by atoms with Gasteiger partial charge in [-0.15, -0.1) is 6.58 Å². The lowest BCUT2D eigenvalue weighted by atomic mass is 9.96. The molecule has 1 aliphatic heterocycles. The molecule has 0 spiro atoms. The Morgan fingerprint density at radius 1 is 1.06 bits per heavy atom. The van der Waals surface area contributed by atoms with Gasteiger partial charge in [-0.25, -0.2) is 0 Å². The molecule has 1 fully saturated rings. The summed E-state index contributed by atoms with van der Waals surface area (Å²) in [4.78, 5) is 12.1. The Morgan fingerprint density at radius 3 is 2.00 bits per heavy atom. The second kappa shape index (κ2) is 10.8. The van der Waals surface area contributed by atoms with Crippen LogP contribution in [0.4, 0.5) is 0 Å². The quantitative estimate of drug-likeness (QED) is 0.195. The Bertz CT molecular complexity index is 633. The third kappa shape index (κ3) is 7.52. The van der Waals surface area contributed by atoms with Gasteiger partial charge < -0.3 is 18.3 Å². The number of esters is 1. The van der Waals surface area contributed by atoms with Crippen molar-refractivity contribution >= 4 is 22.6 Å². The molecule has 1 saturated heterocycles. The highest BCUT2D eigenvalue weighted by molar-refractivity contribution is 6.74. The van der Waals surface area contributed by atoms with E-state index in [0.29, 0.717) is 6.61 Å². The summed E-state index contributed by atoms with van der Waals surface area (Å²) in [7, 11) is -4.17. The summed E-state index contributed by atoms with van der Waals surface area (Å²) in [6.07, 6.45) is 2.18. The highest BCUT2D eigenvalue weighted by Gasteiger charge is 2.49. The zero-order valence-electron chi connectivity index (χ0n) is 22.8. The second-order valence-corrected chi connectivity index (χ2v) is 21.9. The lowest BCUT2D eigenvalue weighted by Gasteiger charge is -2.45. The highest BCUT2D eigenvalue weighted by Crippen LogP contribution is 2.43. The number of carbonyl (C=O) groups is 1. The topological polar surface area (TPSA) is 54.0 Å². The molecule has 5 atom stereocenters. The van der Waals surface area contributed by atoms with Crippen molar-refractivity contribution in [1.29, 1.82) is 0 Å². The van der Waals surface area contributed by atoms with Crippen LogP contribution in [0.3, 0.4) is 0 Å². The Balaban J connectivity index is 3.23. The molecule has 1 rings (SSSR count). The first-order chi connectivity index (χ1) is 14.4. The van der Waals surface area contributed by atoms with Crippen LogP contribution in [0.15, 0.2) is 12.7 Å². The smallest absolute Gasteiger partial charge is 0.308 e. The molecular weight excluding hydrogens is 436 g/mol. The van der Waals surface area contributed by atoms with Crippen molar-refractivity contribution in [3.63, 3.8) is 0 Å². The van der Waals surface area contributed by atoms with Crippen molar-refractivity contribution in [1.82, 2.24) is 0 Å². The molecule has 32 heavy (non-hydrogen) atoms. The largest absolute Gasteiger partial charge is 0.466 e. The molecule has 1 aliphatic rings. The zero-order chi connectivity index (χ0) is 25.1. The average Bonchev–Trinajstić information content (AvgIpc) is 2.96. The minimum absolute atomic E-state index is 0.0580. The van der Waals surface area contributed by atoms with Crippen molar-refractivity contribution < 1.29 is 23.1 Å². The summed E-state index contributed by atoms with van der Waals surface area (Å²) in [5.41, 5.74) is 0. The van der Waals surface area contributed by atoms with E-state index in [9.17, 15) is 4.79 Å². The minimum atomic E-state index is -2.11. The fourth-order valence-corrected chi connectivity index (χ4v) is 6.00. The Morgan fingerprint density at radius 2 is 1.56 bits per heavy atom. The van der Waals surface area contributed by atoms with Crippen molar-refractivity contribution in [3.05, 3.63) is 12.7 Å². The van der Waals surface area contributed by atoms with Crippen molar-refractivity contribution in [3.8, 4) is 0 Å². The van der Waals surface area contributed by atoms with Crippen molar-refractivity contribution in [2.45, 2.75) is 129 Å². The summed E-state index contributed by atoms with van der Waals surface area (Å²) in [6.45, 7) is 31.0. The van der Waals surface area contributed by atoms with Crippen LogP contribution in [0.2, 0.25) is 36.3 Å². The summed E-state index contributed by atoms with van der Waals surface area (Å²) in [5, 5.41) is 0.133. The van der Waals surface area contributed by atoms with Gasteiger partial charge in [0.25, 0.3) is 0 Å². The van der Waals surface area contributed by atoms with Crippen molar-refractivity contribution in [2.75, 3.05) is 6.61 Å². The Kier molecular flexibility index (Phi) is 10.0. The molecule has 0 radical (unpaired) electrons. The first-order valence-corrected chi connectivity index (χ1v) is 18.0. The van der Waals surface area contributed by atoms with Gasteiger partial charge in [0.1, 0.15) is 0 Å². The first-order valence-electron chi connectivity index (χ1n) is 12.2. The molecular formula is C25H50O5Si2. The molecule has 7 heteroatoms. The van der Waals surface area contributed by atoms with Crippen LogP contribution in [0, 0.1) is 5.92 Å². The number of rotatable bonds is 10. The van der Waals surface area contributed by atoms with Crippen LogP contribution in [0.1, 0.15) is 68.2 Å². The maximum Gasteiger partial charge on any atom is 0.308 e. The lowest BCUT2D eigenvalue weighted by Crippen LogP contribution is -2.54. The van der Waals surface area contributed by atoms with E-state index in [4.69, 9.17) is 18.3 Å². The predicted octanol–water partition coefficient (Wildman–Crippen LogP) is 6.70. The molecule has 188 valence electrons. The maximum atomic E-state index is 12.1. The molecule has 5 nitrogen and oxygen atoms in total. The molecule has 0 aliphatic carbocycles. The normalized spacial score (nSPS) is 24.8. The van der Waals surface area contributed by atoms with Crippen LogP contribution >= 0.6 is 0 Å². The third-order valence-corrected chi connectivity index (χ3v) is 16.6. The fourth-order valence-electron chi connectivity index (χ4n) is 3.42. The van der Waals surface area contributed by atoms with Gasteiger partial charge in [0.15, 0.2) is 16.6 Å². The van der Waals surface area contributed by atoms with Crippen LogP contribution in [-0.4, -0.2) is 53.6 Å². The minimum Gasteiger partial charge on any atom is -0.466 e. The first kappa shape index (κ1) is 29.6. The van der Waals surface area contributed by atoms with E-state index in [0.717, 1.165) is 6.42 Å². The average molecular weight is 487 g/mol. The van der Waals surface area contributed by atoms with Gasteiger partial charge in [0, 0.05) is 0 Å². The molecule has 0 aromatic carbocycles. The van der Waals surface area contributed by atoms with Crippen molar-refractivity contribution in [2.24, 2.45) is 5.92 Å². The third-order valence-electron chi connectivity index (χ3n) is 7.66. The van der Waals surface area contributed by atoms with E-state index in [2.05, 4.69) is 81.2 Å². The maximum absolute atomic E-state index is 12.1.